The zero-order valence-electron chi connectivity index (χ0n) is 13.8. The van der Waals surface area contributed by atoms with Gasteiger partial charge in [0.15, 0.2) is 0 Å². The van der Waals surface area contributed by atoms with Crippen molar-refractivity contribution in [1.82, 2.24) is 24.6 Å². The van der Waals surface area contributed by atoms with Crippen LogP contribution in [-0.2, 0) is 4.79 Å². The van der Waals surface area contributed by atoms with Gasteiger partial charge in [-0.1, -0.05) is 30.3 Å². The van der Waals surface area contributed by atoms with Crippen LogP contribution in [0.15, 0.2) is 43.0 Å². The third-order valence-electron chi connectivity index (χ3n) is 4.49. The maximum absolute atomic E-state index is 12.5. The Labute approximate surface area is 141 Å². The molecule has 3 rings (SSSR count). The maximum atomic E-state index is 12.5. The molecule has 0 aliphatic carbocycles. The van der Waals surface area contributed by atoms with Crippen molar-refractivity contribution in [3.8, 4) is 0 Å². The summed E-state index contributed by atoms with van der Waals surface area (Å²) in [7, 11) is 0. The molecule has 1 N–H and O–H groups in total. The Morgan fingerprint density at radius 1 is 1.21 bits per heavy atom. The molecule has 1 aliphatic heterocycles. The van der Waals surface area contributed by atoms with Gasteiger partial charge in [0.05, 0.1) is 6.10 Å². The number of carbonyl (C=O) groups excluding carboxylic acids is 1. The monoisotopic (exact) mass is 329 g/mol. The second-order valence-electron chi connectivity index (χ2n) is 6.10. The van der Waals surface area contributed by atoms with Gasteiger partial charge < -0.3 is 10.0 Å². The highest BCUT2D eigenvalue weighted by Gasteiger charge is 2.27. The molecule has 7 heteroatoms. The molecule has 1 amide bonds. The number of nitrogens with zero attached hydrogens (tertiary/aromatic N) is 5. The van der Waals surface area contributed by atoms with E-state index < -0.39 is 6.10 Å². The van der Waals surface area contributed by atoms with Gasteiger partial charge in [0.2, 0.25) is 5.91 Å². The van der Waals surface area contributed by atoms with Crippen LogP contribution in [0.2, 0.25) is 0 Å². The number of piperazine rings is 1. The molecule has 0 radical (unpaired) electrons. The first kappa shape index (κ1) is 16.6. The number of carbonyl (C=O) groups is 1. The van der Waals surface area contributed by atoms with Crippen LogP contribution in [0.5, 0.6) is 0 Å². The molecule has 1 saturated heterocycles. The van der Waals surface area contributed by atoms with Gasteiger partial charge in [-0.25, -0.2) is 9.67 Å². The van der Waals surface area contributed by atoms with Gasteiger partial charge in [-0.3, -0.25) is 9.69 Å². The van der Waals surface area contributed by atoms with Crippen LogP contribution >= 0.6 is 0 Å². The van der Waals surface area contributed by atoms with E-state index in [0.717, 1.165) is 18.7 Å². The summed E-state index contributed by atoms with van der Waals surface area (Å²) in [4.78, 5) is 20.5. The highest BCUT2D eigenvalue weighted by molar-refractivity contribution is 5.80. The fourth-order valence-corrected chi connectivity index (χ4v) is 2.97. The van der Waals surface area contributed by atoms with Gasteiger partial charge in [0.25, 0.3) is 0 Å². The molecule has 0 saturated carbocycles. The van der Waals surface area contributed by atoms with Crippen molar-refractivity contribution in [1.29, 1.82) is 0 Å². The minimum absolute atomic E-state index is 0.0590. The smallest absolute Gasteiger partial charge is 0.247 e. The van der Waals surface area contributed by atoms with Crippen LogP contribution in [0.25, 0.3) is 0 Å². The van der Waals surface area contributed by atoms with E-state index in [1.165, 1.54) is 6.33 Å². The number of aliphatic hydroxyl groups is 1. The van der Waals surface area contributed by atoms with Crippen molar-refractivity contribution < 1.29 is 9.90 Å². The van der Waals surface area contributed by atoms with Crippen molar-refractivity contribution in [2.45, 2.75) is 19.1 Å². The Morgan fingerprint density at radius 3 is 2.54 bits per heavy atom. The number of hydrogen-bond acceptors (Lipinski definition) is 5. The third kappa shape index (κ3) is 3.80. The summed E-state index contributed by atoms with van der Waals surface area (Å²) >= 11 is 0. The number of aromatic nitrogens is 3. The number of β-amino-alcohol motifs (C(OH)–C–C–N with tert-alkyl or cyclic N) is 1. The molecule has 1 aromatic heterocycles. The van der Waals surface area contributed by atoms with E-state index in [-0.39, 0.29) is 11.9 Å². The summed E-state index contributed by atoms with van der Waals surface area (Å²) in [6.07, 6.45) is 2.50. The van der Waals surface area contributed by atoms with Crippen LogP contribution in [0.4, 0.5) is 0 Å². The molecule has 2 heterocycles. The van der Waals surface area contributed by atoms with Gasteiger partial charge >= 0.3 is 0 Å². The molecule has 0 bridgehead atoms. The number of amides is 1. The molecular formula is C17H23N5O2. The predicted molar refractivity (Wildman–Crippen MR) is 89.2 cm³/mol. The summed E-state index contributed by atoms with van der Waals surface area (Å²) < 4.78 is 1.58. The molecule has 2 atom stereocenters. The van der Waals surface area contributed by atoms with Gasteiger partial charge in [0, 0.05) is 32.7 Å². The van der Waals surface area contributed by atoms with E-state index in [9.17, 15) is 9.90 Å². The number of rotatable bonds is 5. The SMILES string of the molecule is C[C@H](C(=O)N1CCN(C[C@@H](O)c2ccccc2)CC1)n1cncn1. The van der Waals surface area contributed by atoms with Crippen molar-refractivity contribution >= 4 is 5.91 Å². The molecule has 128 valence electrons. The minimum atomic E-state index is -0.498. The quantitative estimate of drug-likeness (QED) is 0.875. The first-order chi connectivity index (χ1) is 11.6. The van der Waals surface area contributed by atoms with Crippen LogP contribution in [0, 0.1) is 0 Å². The van der Waals surface area contributed by atoms with Crippen molar-refractivity contribution in [3.05, 3.63) is 48.5 Å². The molecule has 1 aliphatic rings. The third-order valence-corrected chi connectivity index (χ3v) is 4.49. The van der Waals surface area contributed by atoms with Crippen LogP contribution in [0.3, 0.4) is 0 Å². The maximum Gasteiger partial charge on any atom is 0.247 e. The zero-order valence-corrected chi connectivity index (χ0v) is 13.8. The Kier molecular flexibility index (Phi) is 5.22. The molecule has 0 unspecified atom stereocenters. The van der Waals surface area contributed by atoms with Gasteiger partial charge in [-0.15, -0.1) is 0 Å². The summed E-state index contributed by atoms with van der Waals surface area (Å²) in [5, 5.41) is 14.4. The Morgan fingerprint density at radius 2 is 1.92 bits per heavy atom. The molecule has 24 heavy (non-hydrogen) atoms. The lowest BCUT2D eigenvalue weighted by atomic mass is 10.1. The Balaban J connectivity index is 1.50. The Bertz CT molecular complexity index is 638. The van der Waals surface area contributed by atoms with Gasteiger partial charge in [-0.05, 0) is 12.5 Å². The molecule has 2 aromatic rings. The highest BCUT2D eigenvalue weighted by atomic mass is 16.3. The summed E-state index contributed by atoms with van der Waals surface area (Å²) in [6, 6.07) is 9.33. The average molecular weight is 329 g/mol. The van der Waals surface area contributed by atoms with E-state index in [2.05, 4.69) is 15.0 Å². The van der Waals surface area contributed by atoms with Crippen molar-refractivity contribution in [3.63, 3.8) is 0 Å². The van der Waals surface area contributed by atoms with E-state index in [4.69, 9.17) is 0 Å². The van der Waals surface area contributed by atoms with Gasteiger partial charge in [-0.2, -0.15) is 5.10 Å². The van der Waals surface area contributed by atoms with Crippen LogP contribution < -0.4 is 0 Å². The Hall–Kier alpha value is -2.25. The lowest BCUT2D eigenvalue weighted by molar-refractivity contribution is -0.136. The fraction of sp³-hybridized carbons (Fsp3) is 0.471. The zero-order chi connectivity index (χ0) is 16.9. The average Bonchev–Trinajstić information content (AvgIpc) is 3.16. The van der Waals surface area contributed by atoms with Crippen LogP contribution in [-0.4, -0.2) is 68.3 Å². The predicted octanol–water partition coefficient (Wildman–Crippen LogP) is 0.717. The topological polar surface area (TPSA) is 74.5 Å². The molecular weight excluding hydrogens is 306 g/mol. The van der Waals surface area contributed by atoms with E-state index in [1.54, 1.807) is 11.0 Å². The van der Waals surface area contributed by atoms with Crippen molar-refractivity contribution in [2.24, 2.45) is 0 Å². The summed E-state index contributed by atoms with van der Waals surface area (Å²) in [5.41, 5.74) is 0.927. The van der Waals surface area contributed by atoms with E-state index >= 15 is 0 Å². The summed E-state index contributed by atoms with van der Waals surface area (Å²) in [5.74, 6) is 0.0590. The fourth-order valence-electron chi connectivity index (χ4n) is 2.97. The molecule has 1 aromatic carbocycles. The second kappa shape index (κ2) is 7.55. The molecule has 0 spiro atoms. The number of aliphatic hydroxyl groups excluding tert-OH is 1. The normalized spacial score (nSPS) is 18.3. The number of hydrogen-bond donors (Lipinski definition) is 1. The van der Waals surface area contributed by atoms with E-state index in [0.29, 0.717) is 19.6 Å². The summed E-state index contributed by atoms with van der Waals surface area (Å²) in [6.45, 7) is 5.28. The lowest BCUT2D eigenvalue weighted by Crippen LogP contribution is -2.51. The molecule has 7 nitrogen and oxygen atoms in total. The largest absolute Gasteiger partial charge is 0.387 e. The first-order valence-corrected chi connectivity index (χ1v) is 8.23. The molecule has 1 fully saturated rings. The van der Waals surface area contributed by atoms with Crippen molar-refractivity contribution in [2.75, 3.05) is 32.7 Å². The minimum Gasteiger partial charge on any atom is -0.387 e. The second-order valence-corrected chi connectivity index (χ2v) is 6.10. The van der Waals surface area contributed by atoms with E-state index in [1.807, 2.05) is 42.2 Å². The number of benzene rings is 1. The van der Waals surface area contributed by atoms with Crippen LogP contribution in [0.1, 0.15) is 24.6 Å². The first-order valence-electron chi connectivity index (χ1n) is 8.23. The van der Waals surface area contributed by atoms with Gasteiger partial charge in [0.1, 0.15) is 18.7 Å². The lowest BCUT2D eigenvalue weighted by Gasteiger charge is -2.36. The highest BCUT2D eigenvalue weighted by Crippen LogP contribution is 2.16. The standard InChI is InChI=1S/C17H23N5O2/c1-14(22-13-18-12-19-22)17(24)21-9-7-20(8-10-21)11-16(23)15-5-3-2-4-6-15/h2-6,12-14,16,23H,7-11H2,1H3/t14-,16-/m1/s1.